The molecule has 14 heavy (non-hydrogen) atoms. The third kappa shape index (κ3) is 5.36. The van der Waals surface area contributed by atoms with Crippen molar-refractivity contribution in [2.45, 2.75) is 44.9 Å². The van der Waals surface area contributed by atoms with Gasteiger partial charge in [0.2, 0.25) is 0 Å². The predicted molar refractivity (Wildman–Crippen MR) is 66.9 cm³/mol. The number of hydrogen-bond acceptors (Lipinski definition) is 1. The van der Waals surface area contributed by atoms with Gasteiger partial charge in [-0.25, -0.2) is 0 Å². The molecule has 1 rings (SSSR count). The summed E-state index contributed by atoms with van der Waals surface area (Å²) in [6, 6.07) is 0. The molecule has 0 spiro atoms. The van der Waals surface area contributed by atoms with E-state index < -0.39 is 0 Å². The highest BCUT2D eigenvalue weighted by Crippen LogP contribution is 2.14. The molecule has 0 unspecified atom stereocenters. The highest BCUT2D eigenvalue weighted by atomic mass is 32.1. The van der Waals surface area contributed by atoms with E-state index in [1.165, 1.54) is 50.5 Å². The van der Waals surface area contributed by atoms with Crippen LogP contribution in [0.5, 0.6) is 0 Å². The van der Waals surface area contributed by atoms with Crippen molar-refractivity contribution in [2.75, 3.05) is 5.75 Å². The van der Waals surface area contributed by atoms with Gasteiger partial charge < -0.3 is 0 Å². The molecule has 0 aromatic carbocycles. The van der Waals surface area contributed by atoms with Crippen LogP contribution in [0, 0.1) is 0 Å². The molecule has 78 valence electrons. The van der Waals surface area contributed by atoms with Crippen LogP contribution in [0.4, 0.5) is 0 Å². The fraction of sp³-hybridized carbons (Fsp3) is 0.615. The molecule has 0 N–H and O–H groups in total. The van der Waals surface area contributed by atoms with Crippen LogP contribution in [0.2, 0.25) is 0 Å². The Hall–Kier alpha value is -0.390. The maximum absolute atomic E-state index is 4.20. The van der Waals surface area contributed by atoms with Crippen molar-refractivity contribution < 1.29 is 0 Å². The van der Waals surface area contributed by atoms with E-state index >= 15 is 0 Å². The summed E-state index contributed by atoms with van der Waals surface area (Å²) in [6.07, 6.45) is 15.5. The first-order chi connectivity index (χ1) is 6.93. The van der Waals surface area contributed by atoms with E-state index in [1.807, 2.05) is 6.08 Å². The van der Waals surface area contributed by atoms with E-state index in [9.17, 15) is 0 Å². The Kier molecular flexibility index (Phi) is 6.65. The molecule has 0 aliphatic heterocycles. The second kappa shape index (κ2) is 7.96. The first-order valence-electron chi connectivity index (χ1n) is 5.66. The highest BCUT2D eigenvalue weighted by molar-refractivity contribution is 7.80. The Morgan fingerprint density at radius 2 is 1.71 bits per heavy atom. The number of allylic oxidation sites excluding steroid dienone is 3. The maximum Gasteiger partial charge on any atom is -0.00601 e. The van der Waals surface area contributed by atoms with E-state index in [0.29, 0.717) is 0 Å². The van der Waals surface area contributed by atoms with Gasteiger partial charge in [0.25, 0.3) is 0 Å². The molecule has 0 nitrogen and oxygen atoms in total. The Bertz CT molecular complexity index is 232. The summed E-state index contributed by atoms with van der Waals surface area (Å²) in [4.78, 5) is 0. The minimum Gasteiger partial charge on any atom is -0.179 e. The van der Waals surface area contributed by atoms with Gasteiger partial charge in [-0.05, 0) is 36.7 Å². The van der Waals surface area contributed by atoms with E-state index in [0.717, 1.165) is 5.75 Å². The second-order valence-electron chi connectivity index (χ2n) is 3.79. The molecule has 0 heterocycles. The Balaban J connectivity index is 1.85. The van der Waals surface area contributed by atoms with E-state index in [1.54, 1.807) is 0 Å². The van der Waals surface area contributed by atoms with Gasteiger partial charge in [0, 0.05) is 0 Å². The summed E-state index contributed by atoms with van der Waals surface area (Å²) in [5, 5.41) is 0. The van der Waals surface area contributed by atoms with E-state index in [2.05, 4.69) is 30.5 Å². The molecule has 0 atom stereocenters. The lowest BCUT2D eigenvalue weighted by molar-refractivity contribution is 0.610. The zero-order valence-corrected chi connectivity index (χ0v) is 9.73. The highest BCUT2D eigenvalue weighted by Gasteiger charge is 1.95. The smallest absolute Gasteiger partial charge is 0.00601 e. The lowest BCUT2D eigenvalue weighted by Crippen LogP contribution is -1.82. The molecule has 0 aromatic heterocycles. The van der Waals surface area contributed by atoms with Gasteiger partial charge in [-0.3, -0.25) is 0 Å². The van der Waals surface area contributed by atoms with Crippen LogP contribution < -0.4 is 0 Å². The molecule has 1 aliphatic carbocycles. The van der Waals surface area contributed by atoms with Gasteiger partial charge in [-0.15, -0.1) is 5.73 Å². The van der Waals surface area contributed by atoms with Crippen molar-refractivity contribution >= 4 is 12.6 Å². The van der Waals surface area contributed by atoms with Crippen LogP contribution in [0.1, 0.15) is 44.9 Å². The zero-order chi connectivity index (χ0) is 10.1. The minimum absolute atomic E-state index is 1.04. The van der Waals surface area contributed by atoms with Crippen LogP contribution in [0.3, 0.4) is 0 Å². The lowest BCUT2D eigenvalue weighted by atomic mass is 10.1. The van der Waals surface area contributed by atoms with Crippen LogP contribution in [0.25, 0.3) is 0 Å². The number of rotatable bonds is 8. The van der Waals surface area contributed by atoms with Gasteiger partial charge in [0.05, 0.1) is 0 Å². The quantitative estimate of drug-likeness (QED) is 0.343. The minimum atomic E-state index is 1.04. The molecular weight excluding hydrogens is 188 g/mol. The van der Waals surface area contributed by atoms with Crippen molar-refractivity contribution in [3.05, 3.63) is 29.5 Å². The second-order valence-corrected chi connectivity index (χ2v) is 4.24. The van der Waals surface area contributed by atoms with Crippen LogP contribution in [0.15, 0.2) is 29.5 Å². The van der Waals surface area contributed by atoms with Gasteiger partial charge in [0.15, 0.2) is 0 Å². The van der Waals surface area contributed by atoms with Gasteiger partial charge in [-0.2, -0.15) is 12.6 Å². The number of unbranched alkanes of at least 4 members (excludes halogenated alkanes) is 5. The standard InChI is InChI=1S/C13H20S/c14-12-8-4-2-1-3-5-9-13-10-6-7-11-13/h6-7,10,14H,1-5,8-9,12H2. The molecular formula is C13H20S. The summed E-state index contributed by atoms with van der Waals surface area (Å²) in [5.74, 6) is 1.04. The average molecular weight is 208 g/mol. The summed E-state index contributed by atoms with van der Waals surface area (Å²) in [5.41, 5.74) is 4.61. The Labute approximate surface area is 93.2 Å². The molecule has 0 aromatic rings. The largest absolute Gasteiger partial charge is 0.179 e. The topological polar surface area (TPSA) is 0 Å². The van der Waals surface area contributed by atoms with Crippen molar-refractivity contribution in [2.24, 2.45) is 0 Å². The molecule has 0 fully saturated rings. The van der Waals surface area contributed by atoms with Crippen LogP contribution in [-0.2, 0) is 0 Å². The van der Waals surface area contributed by atoms with Crippen molar-refractivity contribution in [3.8, 4) is 0 Å². The summed E-state index contributed by atoms with van der Waals surface area (Å²) < 4.78 is 0. The molecule has 1 aliphatic rings. The molecule has 1 heteroatoms. The zero-order valence-electron chi connectivity index (χ0n) is 8.84. The van der Waals surface area contributed by atoms with Gasteiger partial charge in [-0.1, -0.05) is 37.8 Å². The predicted octanol–water partition coefficient (Wildman–Crippen LogP) is 4.30. The maximum atomic E-state index is 4.20. The molecule has 0 bridgehead atoms. The number of hydrogen-bond donors (Lipinski definition) is 1. The first kappa shape index (κ1) is 11.7. The summed E-state index contributed by atoms with van der Waals surface area (Å²) >= 11 is 4.20. The third-order valence-electron chi connectivity index (χ3n) is 2.52. The fourth-order valence-corrected chi connectivity index (χ4v) is 1.88. The van der Waals surface area contributed by atoms with Gasteiger partial charge in [0.1, 0.15) is 0 Å². The number of thiol groups is 1. The molecule has 0 radical (unpaired) electrons. The summed E-state index contributed by atoms with van der Waals surface area (Å²) in [6.45, 7) is 0. The Morgan fingerprint density at radius 1 is 1.00 bits per heavy atom. The monoisotopic (exact) mass is 208 g/mol. The van der Waals surface area contributed by atoms with Crippen molar-refractivity contribution in [3.63, 3.8) is 0 Å². The van der Waals surface area contributed by atoms with E-state index in [4.69, 9.17) is 0 Å². The van der Waals surface area contributed by atoms with Crippen LogP contribution >= 0.6 is 12.6 Å². The summed E-state index contributed by atoms with van der Waals surface area (Å²) in [7, 11) is 0. The normalized spacial score (nSPS) is 13.6. The molecule has 0 amide bonds. The molecule has 0 saturated carbocycles. The average Bonchev–Trinajstić information content (AvgIpc) is 2.69. The lowest BCUT2D eigenvalue weighted by Gasteiger charge is -2.00. The Morgan fingerprint density at radius 3 is 2.36 bits per heavy atom. The fourth-order valence-electron chi connectivity index (χ4n) is 1.66. The van der Waals surface area contributed by atoms with Crippen molar-refractivity contribution in [1.82, 2.24) is 0 Å². The van der Waals surface area contributed by atoms with Gasteiger partial charge >= 0.3 is 0 Å². The van der Waals surface area contributed by atoms with E-state index in [-0.39, 0.29) is 0 Å². The van der Waals surface area contributed by atoms with Crippen LogP contribution in [-0.4, -0.2) is 5.75 Å². The van der Waals surface area contributed by atoms with Crippen molar-refractivity contribution in [1.29, 1.82) is 0 Å². The first-order valence-corrected chi connectivity index (χ1v) is 6.30. The SMILES string of the molecule is SCCCCCCCCC1=C=CC=C1. The molecule has 0 saturated heterocycles. The third-order valence-corrected chi connectivity index (χ3v) is 2.83.